The number of aromatic amines is 1. The molecule has 0 bridgehead atoms. The summed E-state index contributed by atoms with van der Waals surface area (Å²) in [5.41, 5.74) is 3.51. The first-order valence-corrected chi connectivity index (χ1v) is 10.5. The summed E-state index contributed by atoms with van der Waals surface area (Å²) in [6, 6.07) is 10.8. The number of anilines is 2. The molecule has 3 heterocycles. The number of likely N-dealkylation sites (N-methyl/N-ethyl adjacent to an activating group) is 1. The Hall–Kier alpha value is -3.72. The number of rotatable bonds is 4. The maximum Gasteiger partial charge on any atom is 0.276 e. The van der Waals surface area contributed by atoms with Crippen LogP contribution in [0.2, 0.25) is 0 Å². The number of piperazine rings is 1. The number of aromatic nitrogens is 4. The molecule has 2 N–H and O–H groups in total. The molecule has 2 aromatic heterocycles. The molecule has 2 aromatic carbocycles. The topological polar surface area (TPSA) is 82.1 Å². The molecule has 1 saturated heterocycles. The Labute approximate surface area is 184 Å². The zero-order chi connectivity index (χ0) is 22.2. The number of halogens is 1. The standard InChI is InChI=1S/C23H24FN7O/c1-29-7-9-31(10-8-29)17-5-3-16(4-6-17)26-23(32)22-19-11-18(15-13-25-30(2)14-15)20(24)12-21(19)27-28-22/h3-6,11-14H,7-10H2,1-2H3,(H,26,32)(H,27,28). The highest BCUT2D eigenvalue weighted by Gasteiger charge is 2.19. The average Bonchev–Trinajstić information content (AvgIpc) is 3.40. The summed E-state index contributed by atoms with van der Waals surface area (Å²) in [5.74, 6) is -0.757. The quantitative estimate of drug-likeness (QED) is 0.517. The number of carbonyl (C=O) groups is 1. The van der Waals surface area contributed by atoms with Gasteiger partial charge in [-0.3, -0.25) is 14.6 Å². The Morgan fingerprint density at radius 2 is 1.84 bits per heavy atom. The van der Waals surface area contributed by atoms with Crippen molar-refractivity contribution in [2.75, 3.05) is 43.4 Å². The maximum absolute atomic E-state index is 14.6. The van der Waals surface area contributed by atoms with E-state index in [1.807, 2.05) is 24.3 Å². The van der Waals surface area contributed by atoms with E-state index in [1.54, 1.807) is 30.2 Å². The number of H-pyrrole nitrogens is 1. The zero-order valence-corrected chi connectivity index (χ0v) is 18.0. The van der Waals surface area contributed by atoms with Gasteiger partial charge in [-0.2, -0.15) is 10.2 Å². The first kappa shape index (κ1) is 20.2. The smallest absolute Gasteiger partial charge is 0.276 e. The molecule has 0 spiro atoms. The number of fused-ring (bicyclic) bond motifs is 1. The second-order valence-electron chi connectivity index (χ2n) is 8.14. The molecule has 164 valence electrons. The number of amides is 1. The Morgan fingerprint density at radius 3 is 2.53 bits per heavy atom. The molecule has 5 rings (SSSR count). The van der Waals surface area contributed by atoms with Crippen molar-refractivity contribution >= 4 is 28.2 Å². The van der Waals surface area contributed by atoms with Crippen LogP contribution in [0.15, 0.2) is 48.8 Å². The van der Waals surface area contributed by atoms with Crippen molar-refractivity contribution in [3.05, 3.63) is 60.3 Å². The lowest BCUT2D eigenvalue weighted by molar-refractivity contribution is 0.102. The molecule has 0 unspecified atom stereocenters. The van der Waals surface area contributed by atoms with Gasteiger partial charge in [0.05, 0.1) is 11.7 Å². The molecule has 4 aromatic rings. The van der Waals surface area contributed by atoms with Crippen molar-refractivity contribution in [2.45, 2.75) is 0 Å². The fourth-order valence-electron chi connectivity index (χ4n) is 4.00. The van der Waals surface area contributed by atoms with Crippen molar-refractivity contribution < 1.29 is 9.18 Å². The first-order chi connectivity index (χ1) is 15.5. The Morgan fingerprint density at radius 1 is 1.09 bits per heavy atom. The van der Waals surface area contributed by atoms with E-state index in [2.05, 4.69) is 37.5 Å². The largest absolute Gasteiger partial charge is 0.369 e. The lowest BCUT2D eigenvalue weighted by Crippen LogP contribution is -2.44. The second kappa shape index (κ2) is 8.08. The van der Waals surface area contributed by atoms with E-state index in [0.717, 1.165) is 31.9 Å². The lowest BCUT2D eigenvalue weighted by Gasteiger charge is -2.34. The van der Waals surface area contributed by atoms with Gasteiger partial charge in [0, 0.05) is 73.4 Å². The van der Waals surface area contributed by atoms with E-state index in [4.69, 9.17) is 0 Å². The molecule has 1 aliphatic rings. The molecule has 0 radical (unpaired) electrons. The molecule has 32 heavy (non-hydrogen) atoms. The molecule has 8 nitrogen and oxygen atoms in total. The molecule has 9 heteroatoms. The van der Waals surface area contributed by atoms with Crippen LogP contribution in [0.5, 0.6) is 0 Å². The van der Waals surface area contributed by atoms with Crippen LogP contribution in [-0.4, -0.2) is 64.0 Å². The molecule has 1 amide bonds. The van der Waals surface area contributed by atoms with Crippen molar-refractivity contribution in [2.24, 2.45) is 7.05 Å². The minimum atomic E-state index is -0.402. The summed E-state index contributed by atoms with van der Waals surface area (Å²) in [7, 11) is 3.90. The highest BCUT2D eigenvalue weighted by atomic mass is 19.1. The van der Waals surface area contributed by atoms with Gasteiger partial charge in [0.1, 0.15) is 5.82 Å². The SMILES string of the molecule is CN1CCN(c2ccc(NC(=O)c3n[nH]c4cc(F)c(-c5cnn(C)c5)cc34)cc2)CC1. The van der Waals surface area contributed by atoms with E-state index in [1.165, 1.54) is 6.07 Å². The predicted octanol–water partition coefficient (Wildman–Crippen LogP) is 3.11. The molecular weight excluding hydrogens is 409 g/mol. The monoisotopic (exact) mass is 433 g/mol. The third-order valence-electron chi connectivity index (χ3n) is 5.88. The van der Waals surface area contributed by atoms with E-state index >= 15 is 0 Å². The molecule has 0 saturated carbocycles. The van der Waals surface area contributed by atoms with Crippen LogP contribution in [0.4, 0.5) is 15.8 Å². The molecular formula is C23H24FN7O. The Balaban J connectivity index is 1.37. The van der Waals surface area contributed by atoms with Gasteiger partial charge in [-0.05, 0) is 37.4 Å². The summed E-state index contributed by atoms with van der Waals surface area (Å²) in [6.07, 6.45) is 3.32. The van der Waals surface area contributed by atoms with Crippen LogP contribution in [0.3, 0.4) is 0 Å². The van der Waals surface area contributed by atoms with Gasteiger partial charge >= 0.3 is 0 Å². The van der Waals surface area contributed by atoms with Crippen LogP contribution in [0.1, 0.15) is 10.5 Å². The van der Waals surface area contributed by atoms with Crippen molar-refractivity contribution in [3.63, 3.8) is 0 Å². The van der Waals surface area contributed by atoms with Crippen molar-refractivity contribution in [1.82, 2.24) is 24.9 Å². The van der Waals surface area contributed by atoms with E-state index in [0.29, 0.717) is 27.7 Å². The zero-order valence-electron chi connectivity index (χ0n) is 18.0. The summed E-state index contributed by atoms with van der Waals surface area (Å²) in [6.45, 7) is 4.03. The molecule has 1 aliphatic heterocycles. The van der Waals surface area contributed by atoms with Crippen LogP contribution in [-0.2, 0) is 7.05 Å². The highest BCUT2D eigenvalue weighted by Crippen LogP contribution is 2.29. The third-order valence-corrected chi connectivity index (χ3v) is 5.88. The van der Waals surface area contributed by atoms with Crippen LogP contribution < -0.4 is 10.2 Å². The number of benzene rings is 2. The summed E-state index contributed by atoms with van der Waals surface area (Å²) >= 11 is 0. The highest BCUT2D eigenvalue weighted by molar-refractivity contribution is 6.11. The van der Waals surface area contributed by atoms with Gasteiger partial charge in [0.2, 0.25) is 0 Å². The summed E-state index contributed by atoms with van der Waals surface area (Å²) in [4.78, 5) is 17.6. The van der Waals surface area contributed by atoms with Gasteiger partial charge in [0.15, 0.2) is 5.69 Å². The Bertz CT molecular complexity index is 1270. The number of nitrogens with zero attached hydrogens (tertiary/aromatic N) is 5. The minimum absolute atomic E-state index is 0.216. The van der Waals surface area contributed by atoms with E-state index < -0.39 is 5.82 Å². The lowest BCUT2D eigenvalue weighted by atomic mass is 10.0. The average molecular weight is 433 g/mol. The van der Waals surface area contributed by atoms with Crippen LogP contribution in [0, 0.1) is 5.82 Å². The van der Waals surface area contributed by atoms with Gasteiger partial charge in [0.25, 0.3) is 5.91 Å². The van der Waals surface area contributed by atoms with Gasteiger partial charge in [-0.15, -0.1) is 0 Å². The number of nitrogens with one attached hydrogen (secondary N) is 2. The minimum Gasteiger partial charge on any atom is -0.369 e. The number of carbonyl (C=O) groups excluding carboxylic acids is 1. The fraction of sp³-hybridized carbons (Fsp3) is 0.261. The summed E-state index contributed by atoms with van der Waals surface area (Å²) in [5, 5.41) is 14.4. The van der Waals surface area contributed by atoms with Gasteiger partial charge in [-0.25, -0.2) is 4.39 Å². The Kier molecular flexibility index (Phi) is 5.10. The van der Waals surface area contributed by atoms with Crippen molar-refractivity contribution in [1.29, 1.82) is 0 Å². The van der Waals surface area contributed by atoms with Crippen LogP contribution >= 0.6 is 0 Å². The summed E-state index contributed by atoms with van der Waals surface area (Å²) < 4.78 is 16.2. The normalized spacial score (nSPS) is 14.8. The predicted molar refractivity (Wildman–Crippen MR) is 122 cm³/mol. The first-order valence-electron chi connectivity index (χ1n) is 10.5. The third kappa shape index (κ3) is 3.82. The van der Waals surface area contributed by atoms with Crippen LogP contribution in [0.25, 0.3) is 22.0 Å². The van der Waals surface area contributed by atoms with E-state index in [9.17, 15) is 9.18 Å². The molecule has 0 atom stereocenters. The number of hydrogen-bond acceptors (Lipinski definition) is 5. The van der Waals surface area contributed by atoms with Gasteiger partial charge < -0.3 is 15.1 Å². The van der Waals surface area contributed by atoms with Gasteiger partial charge in [-0.1, -0.05) is 0 Å². The maximum atomic E-state index is 14.6. The molecule has 0 aliphatic carbocycles. The number of aryl methyl sites for hydroxylation is 1. The van der Waals surface area contributed by atoms with E-state index in [-0.39, 0.29) is 11.6 Å². The molecule has 1 fully saturated rings. The van der Waals surface area contributed by atoms with Crippen molar-refractivity contribution in [3.8, 4) is 11.1 Å². The second-order valence-corrected chi connectivity index (χ2v) is 8.14. The fourth-order valence-corrected chi connectivity index (χ4v) is 4.00. The number of hydrogen-bond donors (Lipinski definition) is 2.